The summed E-state index contributed by atoms with van der Waals surface area (Å²) < 4.78 is 55.6. The second kappa shape index (κ2) is 8.63. The number of nitrogens with one attached hydrogen (secondary N) is 1. The molecule has 0 radical (unpaired) electrons. The summed E-state index contributed by atoms with van der Waals surface area (Å²) in [6.07, 6.45) is -4.61. The first kappa shape index (κ1) is 23.8. The van der Waals surface area contributed by atoms with E-state index in [2.05, 4.69) is 21.9 Å². The highest BCUT2D eigenvalue weighted by atomic mass is 19.4. The van der Waals surface area contributed by atoms with Gasteiger partial charge in [-0.25, -0.2) is 14.4 Å². The average Bonchev–Trinajstić information content (AvgIpc) is 3.14. The van der Waals surface area contributed by atoms with Crippen molar-refractivity contribution in [3.05, 3.63) is 95.8 Å². The molecule has 0 spiro atoms. The van der Waals surface area contributed by atoms with Crippen molar-refractivity contribution in [2.24, 2.45) is 5.73 Å². The van der Waals surface area contributed by atoms with Crippen molar-refractivity contribution in [1.29, 1.82) is 0 Å². The lowest BCUT2D eigenvalue weighted by atomic mass is 10.1. The number of hydrogen-bond donors (Lipinski definition) is 3. The number of nitrogens with two attached hydrogens (primary N) is 2. The van der Waals surface area contributed by atoms with Crippen LogP contribution in [-0.2, 0) is 6.18 Å². The monoisotopic (exact) mass is 506 g/mol. The standard InChI is InChI=1S/C26H18F4N6O/c1-13(31)21-22-24(35-19-8-3-2-7-18(19)34-22)36(23(21)32)20-12-16(9-10-17(20)27)33-25(37)14-5-4-6-15(11-14)26(28,29)30/h2-12H,1,31-32H2,(H,33,37). The van der Waals surface area contributed by atoms with Gasteiger partial charge in [0.05, 0.1) is 27.8 Å². The molecule has 1 amide bonds. The molecule has 7 nitrogen and oxygen atoms in total. The third kappa shape index (κ3) is 4.20. The zero-order valence-corrected chi connectivity index (χ0v) is 19.0. The maximum Gasteiger partial charge on any atom is 0.416 e. The smallest absolute Gasteiger partial charge is 0.399 e. The second-order valence-electron chi connectivity index (χ2n) is 8.20. The van der Waals surface area contributed by atoms with Gasteiger partial charge in [0.1, 0.15) is 17.2 Å². The number of nitrogen functional groups attached to an aromatic ring is 1. The van der Waals surface area contributed by atoms with Crippen LogP contribution in [0.3, 0.4) is 0 Å². The molecule has 2 heterocycles. The van der Waals surface area contributed by atoms with Crippen LogP contribution >= 0.6 is 0 Å². The van der Waals surface area contributed by atoms with Gasteiger partial charge in [-0.3, -0.25) is 9.36 Å². The van der Waals surface area contributed by atoms with E-state index in [0.717, 1.165) is 24.3 Å². The van der Waals surface area contributed by atoms with Crippen LogP contribution in [-0.4, -0.2) is 20.4 Å². The summed E-state index contributed by atoms with van der Waals surface area (Å²) in [5.41, 5.74) is 13.2. The van der Waals surface area contributed by atoms with Crippen molar-refractivity contribution in [3.8, 4) is 5.69 Å². The van der Waals surface area contributed by atoms with Crippen LogP contribution < -0.4 is 16.8 Å². The number of carbonyl (C=O) groups excluding carboxylic acids is 1. The maximum atomic E-state index is 15.1. The molecule has 5 aromatic rings. The molecule has 5 N–H and O–H groups in total. The summed E-state index contributed by atoms with van der Waals surface area (Å²) in [5.74, 6) is -1.49. The van der Waals surface area contributed by atoms with E-state index in [9.17, 15) is 18.0 Å². The van der Waals surface area contributed by atoms with E-state index in [1.807, 2.05) is 0 Å². The highest BCUT2D eigenvalue weighted by Gasteiger charge is 2.31. The zero-order chi connectivity index (χ0) is 26.5. The van der Waals surface area contributed by atoms with E-state index in [1.54, 1.807) is 24.3 Å². The van der Waals surface area contributed by atoms with Gasteiger partial charge in [0.2, 0.25) is 0 Å². The molecule has 37 heavy (non-hydrogen) atoms. The third-order valence-corrected chi connectivity index (χ3v) is 5.72. The van der Waals surface area contributed by atoms with Crippen LogP contribution in [0.15, 0.2) is 73.3 Å². The Labute approximate surface area is 207 Å². The maximum absolute atomic E-state index is 15.1. The number of rotatable bonds is 4. The van der Waals surface area contributed by atoms with Gasteiger partial charge in [0, 0.05) is 16.9 Å². The number of amides is 1. The molecule has 0 unspecified atom stereocenters. The Balaban J connectivity index is 1.62. The molecule has 3 aromatic carbocycles. The lowest BCUT2D eigenvalue weighted by Crippen LogP contribution is -2.14. The van der Waals surface area contributed by atoms with Gasteiger partial charge in [-0.15, -0.1) is 0 Å². The lowest BCUT2D eigenvalue weighted by Gasteiger charge is -2.13. The van der Waals surface area contributed by atoms with E-state index in [1.165, 1.54) is 22.8 Å². The van der Waals surface area contributed by atoms with Crippen molar-refractivity contribution in [2.45, 2.75) is 6.18 Å². The molecular weight excluding hydrogens is 488 g/mol. The number of anilines is 2. The molecule has 0 aliphatic rings. The van der Waals surface area contributed by atoms with E-state index < -0.39 is 23.5 Å². The largest absolute Gasteiger partial charge is 0.416 e. The first-order chi connectivity index (χ1) is 17.5. The van der Waals surface area contributed by atoms with Crippen LogP contribution in [0, 0.1) is 5.82 Å². The minimum absolute atomic E-state index is 0.0260. The number of aromatic nitrogens is 3. The predicted octanol–water partition coefficient (Wildman–Crippen LogP) is 5.50. The number of nitrogens with zero attached hydrogens (tertiary/aromatic N) is 3. The van der Waals surface area contributed by atoms with Crippen molar-refractivity contribution < 1.29 is 22.4 Å². The number of fused-ring (bicyclic) bond motifs is 2. The van der Waals surface area contributed by atoms with Gasteiger partial charge in [-0.05, 0) is 48.5 Å². The molecule has 0 saturated heterocycles. The van der Waals surface area contributed by atoms with Gasteiger partial charge in [-0.1, -0.05) is 24.8 Å². The summed E-state index contributed by atoms with van der Waals surface area (Å²) in [6.45, 7) is 3.75. The quantitative estimate of drug-likeness (QED) is 0.279. The Morgan fingerprint density at radius 1 is 0.973 bits per heavy atom. The number of benzene rings is 3. The summed E-state index contributed by atoms with van der Waals surface area (Å²) in [7, 11) is 0. The Morgan fingerprint density at radius 3 is 2.35 bits per heavy atom. The highest BCUT2D eigenvalue weighted by Crippen LogP contribution is 2.35. The molecule has 0 aliphatic carbocycles. The van der Waals surface area contributed by atoms with Gasteiger partial charge >= 0.3 is 6.18 Å². The average molecular weight is 506 g/mol. The van der Waals surface area contributed by atoms with Gasteiger partial charge in [0.15, 0.2) is 5.65 Å². The number of carbonyl (C=O) groups is 1. The van der Waals surface area contributed by atoms with Crippen LogP contribution in [0.2, 0.25) is 0 Å². The molecule has 0 aliphatic heterocycles. The number of hydrogen-bond acceptors (Lipinski definition) is 5. The SMILES string of the molecule is C=C(N)c1c(N)n(-c2cc(NC(=O)c3cccc(C(F)(F)F)c3)ccc2F)c2nc3ccccc3nc12. The summed E-state index contributed by atoms with van der Waals surface area (Å²) in [5, 5.41) is 2.50. The Hall–Kier alpha value is -4.93. The minimum atomic E-state index is -4.61. The molecule has 0 atom stereocenters. The fourth-order valence-electron chi connectivity index (χ4n) is 4.02. The molecule has 0 bridgehead atoms. The molecule has 2 aromatic heterocycles. The fraction of sp³-hybridized carbons (Fsp3) is 0.0385. The molecule has 186 valence electrons. The van der Waals surface area contributed by atoms with Crippen molar-refractivity contribution in [3.63, 3.8) is 0 Å². The molecular formula is C26H18F4N6O. The minimum Gasteiger partial charge on any atom is -0.399 e. The van der Waals surface area contributed by atoms with Gasteiger partial charge in [-0.2, -0.15) is 13.2 Å². The molecule has 5 rings (SSSR count). The highest BCUT2D eigenvalue weighted by molar-refractivity contribution is 6.04. The third-order valence-electron chi connectivity index (χ3n) is 5.72. The zero-order valence-electron chi connectivity index (χ0n) is 19.0. The summed E-state index contributed by atoms with van der Waals surface area (Å²) in [6, 6.07) is 14.7. The van der Waals surface area contributed by atoms with Crippen LogP contribution in [0.1, 0.15) is 21.5 Å². The van der Waals surface area contributed by atoms with Crippen molar-refractivity contribution in [1.82, 2.24) is 14.5 Å². The van der Waals surface area contributed by atoms with Gasteiger partial charge in [0.25, 0.3) is 5.91 Å². The lowest BCUT2D eigenvalue weighted by molar-refractivity contribution is -0.137. The predicted molar refractivity (Wildman–Crippen MR) is 133 cm³/mol. The Morgan fingerprint density at radius 2 is 1.68 bits per heavy atom. The topological polar surface area (TPSA) is 112 Å². The first-order valence-electron chi connectivity index (χ1n) is 10.8. The fourth-order valence-corrected chi connectivity index (χ4v) is 4.02. The van der Waals surface area contributed by atoms with Crippen molar-refractivity contribution in [2.75, 3.05) is 11.1 Å². The molecule has 0 saturated carbocycles. The molecule has 11 heteroatoms. The Bertz CT molecular complexity index is 1720. The van der Waals surface area contributed by atoms with Crippen LogP contribution in [0.5, 0.6) is 0 Å². The number of halogens is 4. The Kier molecular flexibility index (Phi) is 5.55. The first-order valence-corrected chi connectivity index (χ1v) is 10.8. The summed E-state index contributed by atoms with van der Waals surface area (Å²) >= 11 is 0. The van der Waals surface area contributed by atoms with Crippen LogP contribution in [0.4, 0.5) is 29.1 Å². The van der Waals surface area contributed by atoms with E-state index >= 15 is 4.39 Å². The molecule has 0 fully saturated rings. The number of alkyl halides is 3. The number of para-hydroxylation sites is 2. The second-order valence-corrected chi connectivity index (χ2v) is 8.20. The van der Waals surface area contributed by atoms with Gasteiger partial charge < -0.3 is 16.8 Å². The summed E-state index contributed by atoms with van der Waals surface area (Å²) in [4.78, 5) is 21.9. The van der Waals surface area contributed by atoms with E-state index in [-0.39, 0.29) is 39.7 Å². The van der Waals surface area contributed by atoms with E-state index in [0.29, 0.717) is 16.6 Å². The van der Waals surface area contributed by atoms with E-state index in [4.69, 9.17) is 11.5 Å². The van der Waals surface area contributed by atoms with Crippen LogP contribution in [0.25, 0.3) is 33.6 Å². The normalized spacial score (nSPS) is 11.7. The van der Waals surface area contributed by atoms with Crippen molar-refractivity contribution >= 4 is 45.3 Å².